The minimum absolute atomic E-state index is 0.198. The number of aliphatic hydroxyl groups excluding tert-OH is 1. The Labute approximate surface area is 138 Å². The second-order valence-electron chi connectivity index (χ2n) is 6.11. The lowest BCUT2D eigenvalue weighted by molar-refractivity contribution is -0.277. The molecule has 0 radical (unpaired) electrons. The van der Waals surface area contributed by atoms with E-state index in [4.69, 9.17) is 28.4 Å². The molecule has 2 unspecified atom stereocenters. The van der Waals surface area contributed by atoms with Crippen LogP contribution in [-0.2, 0) is 28.4 Å². The van der Waals surface area contributed by atoms with E-state index in [0.29, 0.717) is 6.61 Å². The number of hydrogen-bond donors (Lipinski definition) is 1. The first-order chi connectivity index (χ1) is 11.1. The molecular weight excluding hydrogens is 304 g/mol. The first kappa shape index (κ1) is 19.1. The van der Waals surface area contributed by atoms with E-state index in [0.717, 1.165) is 25.9 Å². The fourth-order valence-corrected chi connectivity index (χ4v) is 3.33. The average Bonchev–Trinajstić information content (AvgIpc) is 2.58. The Balaban J connectivity index is 2.03. The van der Waals surface area contributed by atoms with Gasteiger partial charge < -0.3 is 33.5 Å². The fraction of sp³-hybridized carbons (Fsp3) is 1.00. The predicted octanol–water partition coefficient (Wildman–Crippen LogP) is 0.723. The number of methoxy groups -OCH3 is 3. The molecule has 2 aliphatic rings. The van der Waals surface area contributed by atoms with Gasteiger partial charge in [-0.15, -0.1) is 0 Å². The van der Waals surface area contributed by atoms with E-state index in [1.54, 1.807) is 28.3 Å². The molecule has 7 nitrogen and oxygen atoms in total. The zero-order chi connectivity index (χ0) is 16.8. The van der Waals surface area contributed by atoms with E-state index in [1.807, 2.05) is 0 Å². The second kappa shape index (κ2) is 9.27. The number of ether oxygens (including phenoxy) is 6. The summed E-state index contributed by atoms with van der Waals surface area (Å²) in [6.45, 7) is 2.73. The largest absolute Gasteiger partial charge is 0.391 e. The van der Waals surface area contributed by atoms with Crippen molar-refractivity contribution in [3.63, 3.8) is 0 Å². The molecule has 2 saturated heterocycles. The lowest BCUT2D eigenvalue weighted by Crippen LogP contribution is -2.63. The van der Waals surface area contributed by atoms with Gasteiger partial charge in [0.05, 0.1) is 12.7 Å². The van der Waals surface area contributed by atoms with E-state index in [2.05, 4.69) is 0 Å². The predicted molar refractivity (Wildman–Crippen MR) is 82.3 cm³/mol. The Morgan fingerprint density at radius 2 is 1.74 bits per heavy atom. The van der Waals surface area contributed by atoms with Gasteiger partial charge in [-0.05, 0) is 26.2 Å². The van der Waals surface area contributed by atoms with E-state index in [9.17, 15) is 5.11 Å². The highest BCUT2D eigenvalue weighted by Gasteiger charge is 2.48. The summed E-state index contributed by atoms with van der Waals surface area (Å²) in [7, 11) is 4.80. The van der Waals surface area contributed by atoms with Crippen molar-refractivity contribution in [2.24, 2.45) is 0 Å². The minimum Gasteiger partial charge on any atom is -0.391 e. The third-order valence-corrected chi connectivity index (χ3v) is 4.55. The van der Waals surface area contributed by atoms with Crippen LogP contribution in [0.15, 0.2) is 0 Å². The quantitative estimate of drug-likeness (QED) is 0.735. The zero-order valence-corrected chi connectivity index (χ0v) is 14.5. The van der Waals surface area contributed by atoms with Crippen LogP contribution in [0.1, 0.15) is 26.2 Å². The van der Waals surface area contributed by atoms with E-state index >= 15 is 0 Å². The maximum Gasteiger partial charge on any atom is 0.157 e. The number of aliphatic hydroxyl groups is 1. The monoisotopic (exact) mass is 334 g/mol. The normalized spacial score (nSPS) is 40.0. The summed E-state index contributed by atoms with van der Waals surface area (Å²) in [6.07, 6.45) is 0.213. The van der Waals surface area contributed by atoms with Gasteiger partial charge in [0, 0.05) is 27.9 Å². The van der Waals surface area contributed by atoms with Crippen molar-refractivity contribution in [2.45, 2.75) is 69.1 Å². The average molecular weight is 334 g/mol. The first-order valence-electron chi connectivity index (χ1n) is 8.27. The molecule has 2 fully saturated rings. The van der Waals surface area contributed by atoms with Gasteiger partial charge in [0.15, 0.2) is 6.29 Å². The van der Waals surface area contributed by atoms with Gasteiger partial charge in [-0.25, -0.2) is 0 Å². The van der Waals surface area contributed by atoms with Gasteiger partial charge in [0.1, 0.15) is 30.5 Å². The molecule has 0 bridgehead atoms. The molecule has 0 aliphatic carbocycles. The Kier molecular flexibility index (Phi) is 7.68. The molecule has 0 spiro atoms. The summed E-state index contributed by atoms with van der Waals surface area (Å²) in [6, 6.07) is 0. The van der Waals surface area contributed by atoms with Crippen LogP contribution in [0.2, 0.25) is 0 Å². The Hall–Kier alpha value is -0.280. The third-order valence-electron chi connectivity index (χ3n) is 4.55. The summed E-state index contributed by atoms with van der Waals surface area (Å²) >= 11 is 0. The molecule has 1 N–H and O–H groups in total. The van der Waals surface area contributed by atoms with Crippen LogP contribution in [0.4, 0.5) is 0 Å². The molecule has 0 aromatic rings. The Bertz CT molecular complexity index is 332. The number of rotatable bonds is 7. The van der Waals surface area contributed by atoms with E-state index in [1.165, 1.54) is 0 Å². The van der Waals surface area contributed by atoms with Gasteiger partial charge in [-0.1, -0.05) is 0 Å². The maximum atomic E-state index is 10.0. The summed E-state index contributed by atoms with van der Waals surface area (Å²) < 4.78 is 34.1. The van der Waals surface area contributed by atoms with Crippen LogP contribution in [0.5, 0.6) is 0 Å². The van der Waals surface area contributed by atoms with Crippen LogP contribution in [-0.4, -0.2) is 82.6 Å². The van der Waals surface area contributed by atoms with Crippen LogP contribution in [0.3, 0.4) is 0 Å². The molecular formula is C16H30O7. The van der Waals surface area contributed by atoms with Crippen molar-refractivity contribution in [3.05, 3.63) is 0 Å². The van der Waals surface area contributed by atoms with Crippen molar-refractivity contribution in [2.75, 3.05) is 34.5 Å². The molecule has 2 rings (SSSR count). The Morgan fingerprint density at radius 1 is 1.04 bits per heavy atom. The van der Waals surface area contributed by atoms with Gasteiger partial charge in [-0.2, -0.15) is 0 Å². The smallest absolute Gasteiger partial charge is 0.157 e. The Morgan fingerprint density at radius 3 is 2.26 bits per heavy atom. The highest BCUT2D eigenvalue weighted by atomic mass is 16.7. The molecule has 0 saturated carbocycles. The topological polar surface area (TPSA) is 75.6 Å². The molecule has 0 aromatic carbocycles. The molecule has 7 heteroatoms. The summed E-state index contributed by atoms with van der Waals surface area (Å²) in [5, 5.41) is 10.0. The van der Waals surface area contributed by atoms with Crippen molar-refractivity contribution >= 4 is 0 Å². The highest BCUT2D eigenvalue weighted by Crippen LogP contribution is 2.29. The van der Waals surface area contributed by atoms with Crippen molar-refractivity contribution in [1.29, 1.82) is 0 Å². The molecule has 23 heavy (non-hydrogen) atoms. The lowest BCUT2D eigenvalue weighted by Gasteiger charge is -2.46. The van der Waals surface area contributed by atoms with Gasteiger partial charge >= 0.3 is 0 Å². The molecule has 7 atom stereocenters. The molecule has 0 amide bonds. The molecule has 2 aliphatic heterocycles. The van der Waals surface area contributed by atoms with Crippen molar-refractivity contribution < 1.29 is 33.5 Å². The SMILES string of the molecule is CO[C@@H]1[C@@H](OC)[C@H](C(C)O)O[C@H](COC2CCCCO2)[C@H]1OC. The minimum atomic E-state index is -0.691. The van der Waals surface area contributed by atoms with E-state index < -0.39 is 18.3 Å². The first-order valence-corrected chi connectivity index (χ1v) is 8.27. The van der Waals surface area contributed by atoms with Crippen LogP contribution in [0.25, 0.3) is 0 Å². The highest BCUT2D eigenvalue weighted by molar-refractivity contribution is 4.96. The lowest BCUT2D eigenvalue weighted by atomic mass is 9.92. The summed E-state index contributed by atoms with van der Waals surface area (Å²) in [5.74, 6) is 0. The van der Waals surface area contributed by atoms with Gasteiger partial charge in [-0.3, -0.25) is 0 Å². The van der Waals surface area contributed by atoms with Crippen molar-refractivity contribution in [3.8, 4) is 0 Å². The van der Waals surface area contributed by atoms with Gasteiger partial charge in [0.25, 0.3) is 0 Å². The molecule has 0 aromatic heterocycles. The van der Waals surface area contributed by atoms with Crippen LogP contribution in [0, 0.1) is 0 Å². The summed E-state index contributed by atoms with van der Waals surface area (Å²) in [4.78, 5) is 0. The second-order valence-corrected chi connectivity index (χ2v) is 6.11. The molecule has 2 heterocycles. The van der Waals surface area contributed by atoms with E-state index in [-0.39, 0.29) is 24.6 Å². The van der Waals surface area contributed by atoms with Crippen LogP contribution < -0.4 is 0 Å². The fourth-order valence-electron chi connectivity index (χ4n) is 3.33. The standard InChI is InChI=1S/C16H30O7/c1-10(17)13-15(19-3)16(20-4)14(18-2)11(23-13)9-22-12-7-5-6-8-21-12/h10-17H,5-9H2,1-4H3/t10?,11-,12?,13+,14-,15+,16+/m1/s1. The zero-order valence-electron chi connectivity index (χ0n) is 14.5. The van der Waals surface area contributed by atoms with Crippen LogP contribution >= 0.6 is 0 Å². The van der Waals surface area contributed by atoms with Crippen molar-refractivity contribution in [1.82, 2.24) is 0 Å². The van der Waals surface area contributed by atoms with Gasteiger partial charge in [0.2, 0.25) is 0 Å². The third kappa shape index (κ3) is 4.63. The molecule has 136 valence electrons. The number of hydrogen-bond acceptors (Lipinski definition) is 7. The maximum absolute atomic E-state index is 10.0. The summed E-state index contributed by atoms with van der Waals surface area (Å²) in [5.41, 5.74) is 0.